The van der Waals surface area contributed by atoms with Crippen molar-refractivity contribution in [3.8, 4) is 0 Å². The van der Waals surface area contributed by atoms with Gasteiger partial charge in [0.1, 0.15) is 11.2 Å². The Bertz CT molecular complexity index is 204. The maximum atomic E-state index is 13.9. The minimum Gasteiger partial charge on any atom is -0.387 e. The van der Waals surface area contributed by atoms with Crippen LogP contribution >= 0.6 is 11.6 Å². The van der Waals surface area contributed by atoms with Crippen LogP contribution in [0.1, 0.15) is 20.3 Å². The predicted octanol–water partition coefficient (Wildman–Crippen LogP) is 1.77. The van der Waals surface area contributed by atoms with Gasteiger partial charge < -0.3 is 5.32 Å². The van der Waals surface area contributed by atoms with Gasteiger partial charge in [-0.2, -0.15) is 0 Å². The molecule has 0 aromatic heterocycles. The summed E-state index contributed by atoms with van der Waals surface area (Å²) in [5.41, 5.74) is -1.07. The fraction of sp³-hybridized carbons (Fsp3) is 0.778. The van der Waals surface area contributed by atoms with Crippen LogP contribution in [0.25, 0.3) is 0 Å². The molecule has 0 radical (unpaired) electrons. The van der Waals surface area contributed by atoms with Crippen molar-refractivity contribution in [1.82, 2.24) is 10.6 Å². The average molecular weight is 207 g/mol. The van der Waals surface area contributed by atoms with Crippen molar-refractivity contribution >= 4 is 11.6 Å². The minimum absolute atomic E-state index is 0.338. The van der Waals surface area contributed by atoms with E-state index in [-0.39, 0.29) is 0 Å². The molecule has 0 aliphatic carbocycles. The van der Waals surface area contributed by atoms with Gasteiger partial charge >= 0.3 is 0 Å². The highest BCUT2D eigenvalue weighted by atomic mass is 35.5. The fourth-order valence-electron chi connectivity index (χ4n) is 1.36. The first-order valence-corrected chi connectivity index (χ1v) is 4.95. The summed E-state index contributed by atoms with van der Waals surface area (Å²) >= 11 is 5.87. The lowest BCUT2D eigenvalue weighted by Crippen LogP contribution is -2.47. The van der Waals surface area contributed by atoms with Crippen molar-refractivity contribution in [1.29, 1.82) is 0 Å². The van der Waals surface area contributed by atoms with Crippen LogP contribution in [0.15, 0.2) is 11.8 Å². The van der Waals surface area contributed by atoms with E-state index in [0.717, 1.165) is 12.2 Å². The predicted molar refractivity (Wildman–Crippen MR) is 53.5 cm³/mol. The molecule has 2 unspecified atom stereocenters. The highest BCUT2D eigenvalue weighted by molar-refractivity contribution is 6.21. The zero-order valence-corrected chi connectivity index (χ0v) is 8.79. The molecule has 0 spiro atoms. The highest BCUT2D eigenvalue weighted by Gasteiger charge is 2.34. The molecule has 2 N–H and O–H groups in total. The zero-order chi connectivity index (χ0) is 9.90. The molecule has 76 valence electrons. The van der Waals surface area contributed by atoms with Gasteiger partial charge in [0.05, 0.1) is 0 Å². The van der Waals surface area contributed by atoms with Crippen molar-refractivity contribution < 1.29 is 4.39 Å². The summed E-state index contributed by atoms with van der Waals surface area (Å²) in [6, 6.07) is 0. The monoisotopic (exact) mass is 206 g/mol. The topological polar surface area (TPSA) is 24.1 Å². The Kier molecular flexibility index (Phi) is 3.56. The van der Waals surface area contributed by atoms with E-state index >= 15 is 0 Å². The van der Waals surface area contributed by atoms with E-state index in [0.29, 0.717) is 13.0 Å². The van der Waals surface area contributed by atoms with Crippen LogP contribution in [-0.4, -0.2) is 24.3 Å². The number of rotatable bonds is 0. The molecule has 0 aromatic rings. The van der Waals surface area contributed by atoms with E-state index in [2.05, 4.69) is 10.6 Å². The summed E-state index contributed by atoms with van der Waals surface area (Å²) in [6.45, 7) is 4.90. The molecule has 13 heavy (non-hydrogen) atoms. The Morgan fingerprint density at radius 3 is 2.92 bits per heavy atom. The van der Waals surface area contributed by atoms with Crippen LogP contribution in [0.4, 0.5) is 4.39 Å². The quantitative estimate of drug-likeness (QED) is 0.466. The second kappa shape index (κ2) is 4.29. The van der Waals surface area contributed by atoms with Gasteiger partial charge in [-0.3, -0.25) is 5.32 Å². The lowest BCUT2D eigenvalue weighted by atomic mass is 10.0. The third-order valence-corrected chi connectivity index (χ3v) is 2.82. The first kappa shape index (κ1) is 10.8. The molecule has 1 fully saturated rings. The molecule has 1 saturated heterocycles. The normalized spacial score (nSPS) is 39.4. The zero-order valence-electron chi connectivity index (χ0n) is 8.03. The lowest BCUT2D eigenvalue weighted by Gasteiger charge is -2.30. The van der Waals surface area contributed by atoms with Crippen molar-refractivity contribution in [2.24, 2.45) is 0 Å². The number of nitrogens with one attached hydrogen (secondary N) is 2. The molecular weight excluding hydrogens is 191 g/mol. The van der Waals surface area contributed by atoms with Gasteiger partial charge in [-0.15, -0.1) is 11.6 Å². The van der Waals surface area contributed by atoms with Gasteiger partial charge in [-0.05, 0) is 13.8 Å². The van der Waals surface area contributed by atoms with Crippen LogP contribution in [-0.2, 0) is 0 Å². The standard InChI is InChI=1S/C9H16ClFN2/c1-3-7-6-9(2,11)8(10)13-5-4-12-7/h3,8,12-13H,4-6H2,1-2H3/b7-3-. The van der Waals surface area contributed by atoms with Gasteiger partial charge in [0.2, 0.25) is 0 Å². The Morgan fingerprint density at radius 1 is 1.62 bits per heavy atom. The summed E-state index contributed by atoms with van der Waals surface area (Å²) in [4.78, 5) is 0. The van der Waals surface area contributed by atoms with Gasteiger partial charge in [-0.25, -0.2) is 4.39 Å². The highest BCUT2D eigenvalue weighted by Crippen LogP contribution is 2.26. The summed E-state index contributed by atoms with van der Waals surface area (Å²) in [5, 5.41) is 6.07. The smallest absolute Gasteiger partial charge is 0.142 e. The van der Waals surface area contributed by atoms with E-state index < -0.39 is 11.2 Å². The molecule has 2 nitrogen and oxygen atoms in total. The van der Waals surface area contributed by atoms with Crippen molar-refractivity contribution in [2.45, 2.75) is 31.4 Å². The van der Waals surface area contributed by atoms with Crippen LogP contribution < -0.4 is 10.6 Å². The number of hydrogen-bond donors (Lipinski definition) is 2. The number of alkyl halides is 2. The molecular formula is C9H16ClFN2. The second-order valence-corrected chi connectivity index (χ2v) is 3.95. The average Bonchev–Trinajstić information content (AvgIpc) is 2.07. The summed E-state index contributed by atoms with van der Waals surface area (Å²) in [7, 11) is 0. The molecule has 2 atom stereocenters. The van der Waals surface area contributed by atoms with Crippen LogP contribution in [0, 0.1) is 0 Å². The van der Waals surface area contributed by atoms with E-state index in [9.17, 15) is 4.39 Å². The largest absolute Gasteiger partial charge is 0.387 e. The molecule has 0 amide bonds. The van der Waals surface area contributed by atoms with Gasteiger partial charge in [-0.1, -0.05) is 6.08 Å². The second-order valence-electron chi connectivity index (χ2n) is 3.51. The molecule has 0 aromatic carbocycles. The van der Waals surface area contributed by atoms with Gasteiger partial charge in [0, 0.05) is 25.2 Å². The Hall–Kier alpha value is -0.280. The third-order valence-electron chi connectivity index (χ3n) is 2.21. The molecule has 1 rings (SSSR count). The van der Waals surface area contributed by atoms with Crippen molar-refractivity contribution in [3.05, 3.63) is 11.8 Å². The Morgan fingerprint density at radius 2 is 2.31 bits per heavy atom. The summed E-state index contributed by atoms with van der Waals surface area (Å²) < 4.78 is 13.9. The molecule has 4 heteroatoms. The van der Waals surface area contributed by atoms with E-state index in [4.69, 9.17) is 11.6 Å². The molecule has 1 heterocycles. The van der Waals surface area contributed by atoms with E-state index in [1.54, 1.807) is 0 Å². The van der Waals surface area contributed by atoms with Crippen molar-refractivity contribution in [3.63, 3.8) is 0 Å². The van der Waals surface area contributed by atoms with Gasteiger partial charge in [0.15, 0.2) is 0 Å². The molecule has 1 aliphatic rings. The van der Waals surface area contributed by atoms with Gasteiger partial charge in [0.25, 0.3) is 0 Å². The third kappa shape index (κ3) is 2.85. The van der Waals surface area contributed by atoms with Crippen molar-refractivity contribution in [2.75, 3.05) is 13.1 Å². The summed E-state index contributed by atoms with van der Waals surface area (Å²) in [5.74, 6) is 0. The maximum Gasteiger partial charge on any atom is 0.142 e. The lowest BCUT2D eigenvalue weighted by molar-refractivity contribution is 0.157. The fourth-order valence-corrected chi connectivity index (χ4v) is 1.55. The number of allylic oxidation sites excluding steroid dienone is 2. The first-order valence-electron chi connectivity index (χ1n) is 4.51. The van der Waals surface area contributed by atoms with Crippen LogP contribution in [0.2, 0.25) is 0 Å². The Labute approximate surface area is 83.5 Å². The molecule has 0 saturated carbocycles. The SMILES string of the molecule is C/C=C1/CC(C)(F)C(Cl)NCCN1. The first-order chi connectivity index (χ1) is 6.06. The minimum atomic E-state index is -1.39. The number of hydrogen-bond acceptors (Lipinski definition) is 2. The molecule has 0 bridgehead atoms. The molecule has 1 aliphatic heterocycles. The maximum absolute atomic E-state index is 13.9. The van der Waals surface area contributed by atoms with Crippen LogP contribution in [0.3, 0.4) is 0 Å². The summed E-state index contributed by atoms with van der Waals surface area (Å²) in [6.07, 6.45) is 2.23. The van der Waals surface area contributed by atoms with E-state index in [1.165, 1.54) is 6.92 Å². The number of halogens is 2. The van der Waals surface area contributed by atoms with Crippen LogP contribution in [0.5, 0.6) is 0 Å². The Balaban J connectivity index is 2.70. The van der Waals surface area contributed by atoms with E-state index in [1.807, 2.05) is 13.0 Å².